The number of hydrogen-bond donors (Lipinski definition) is 2. The fourth-order valence-corrected chi connectivity index (χ4v) is 5.58. The topological polar surface area (TPSA) is 89.1 Å². The zero-order valence-corrected chi connectivity index (χ0v) is 19.6. The second-order valence-electron chi connectivity index (χ2n) is 10.6. The molecular formula is C25H33N2O4+. The van der Waals surface area contributed by atoms with Gasteiger partial charge in [-0.2, -0.15) is 0 Å². The maximum atomic E-state index is 12.9. The molecular weight excluding hydrogens is 392 g/mol. The fourth-order valence-electron chi connectivity index (χ4n) is 5.58. The number of hydrogen-bond acceptors (Lipinski definition) is 4. The van der Waals surface area contributed by atoms with Crippen LogP contribution in [0.15, 0.2) is 26.0 Å². The SMILES string of the molecule is Cc1coc2c(C)c3oc(=O)c(CC(=O)NC4CC(C)(C)[NH2+]C(C)(C)C4)c(C)c3cc12. The molecule has 1 aliphatic rings. The minimum Gasteiger partial charge on any atom is -0.464 e. The Morgan fingerprint density at radius 3 is 2.35 bits per heavy atom. The lowest BCUT2D eigenvalue weighted by molar-refractivity contribution is -0.787. The largest absolute Gasteiger partial charge is 0.464 e. The number of fused-ring (bicyclic) bond motifs is 2. The number of nitrogens with one attached hydrogen (secondary N) is 1. The van der Waals surface area contributed by atoms with Gasteiger partial charge >= 0.3 is 5.63 Å². The number of nitrogens with two attached hydrogens (primary N) is 1. The number of quaternary nitrogens is 1. The highest BCUT2D eigenvalue weighted by molar-refractivity contribution is 6.00. The molecule has 0 radical (unpaired) electrons. The number of carbonyl (C=O) groups is 1. The Kier molecular flexibility index (Phi) is 5.04. The summed E-state index contributed by atoms with van der Waals surface area (Å²) in [7, 11) is 0. The highest BCUT2D eigenvalue weighted by atomic mass is 16.4. The molecule has 2 aromatic heterocycles. The Labute approximate surface area is 182 Å². The summed E-state index contributed by atoms with van der Waals surface area (Å²) in [4.78, 5) is 25.7. The van der Waals surface area contributed by atoms with Crippen LogP contribution in [0.25, 0.3) is 21.9 Å². The van der Waals surface area contributed by atoms with Crippen molar-refractivity contribution in [2.75, 3.05) is 0 Å². The van der Waals surface area contributed by atoms with Crippen molar-refractivity contribution in [2.45, 2.75) is 84.8 Å². The molecule has 1 aliphatic heterocycles. The summed E-state index contributed by atoms with van der Waals surface area (Å²) in [5, 5.41) is 7.41. The van der Waals surface area contributed by atoms with Gasteiger partial charge in [0.15, 0.2) is 0 Å². The van der Waals surface area contributed by atoms with Crippen molar-refractivity contribution < 1.29 is 18.9 Å². The van der Waals surface area contributed by atoms with Crippen molar-refractivity contribution in [3.8, 4) is 0 Å². The zero-order valence-electron chi connectivity index (χ0n) is 19.6. The van der Waals surface area contributed by atoms with E-state index in [1.165, 1.54) is 0 Å². The molecule has 4 rings (SSSR count). The van der Waals surface area contributed by atoms with Crippen molar-refractivity contribution in [3.05, 3.63) is 45.0 Å². The third-order valence-corrected chi connectivity index (χ3v) is 6.56. The van der Waals surface area contributed by atoms with Crippen molar-refractivity contribution in [3.63, 3.8) is 0 Å². The molecule has 0 unspecified atom stereocenters. The molecule has 0 spiro atoms. The van der Waals surface area contributed by atoms with E-state index in [0.29, 0.717) is 11.1 Å². The molecule has 0 bridgehead atoms. The number of carbonyl (C=O) groups excluding carboxylic acids is 1. The lowest BCUT2D eigenvalue weighted by atomic mass is 9.79. The predicted molar refractivity (Wildman–Crippen MR) is 121 cm³/mol. The minimum absolute atomic E-state index is 0.0205. The normalized spacial score (nSPS) is 18.5. The molecule has 166 valence electrons. The van der Waals surface area contributed by atoms with E-state index in [2.05, 4.69) is 38.3 Å². The van der Waals surface area contributed by atoms with Gasteiger partial charge in [0, 0.05) is 35.2 Å². The Hall–Kier alpha value is -2.60. The summed E-state index contributed by atoms with van der Waals surface area (Å²) in [6.07, 6.45) is 3.52. The van der Waals surface area contributed by atoms with Gasteiger partial charge in [-0.1, -0.05) is 0 Å². The minimum atomic E-state index is -0.455. The quantitative estimate of drug-likeness (QED) is 0.630. The zero-order chi connectivity index (χ0) is 22.7. The molecule has 0 saturated carbocycles. The predicted octanol–water partition coefficient (Wildman–Crippen LogP) is 3.41. The number of benzene rings is 1. The lowest BCUT2D eigenvalue weighted by Gasteiger charge is -2.43. The van der Waals surface area contributed by atoms with E-state index in [1.807, 2.05) is 26.8 Å². The van der Waals surface area contributed by atoms with Gasteiger partial charge in [0.25, 0.3) is 0 Å². The summed E-state index contributed by atoms with van der Waals surface area (Å²) >= 11 is 0. The molecule has 0 atom stereocenters. The van der Waals surface area contributed by atoms with Gasteiger partial charge in [0.1, 0.15) is 11.2 Å². The first-order chi connectivity index (χ1) is 14.4. The molecule has 6 heteroatoms. The van der Waals surface area contributed by atoms with E-state index in [4.69, 9.17) is 8.83 Å². The van der Waals surface area contributed by atoms with Crippen molar-refractivity contribution >= 4 is 27.8 Å². The van der Waals surface area contributed by atoms with Crippen molar-refractivity contribution in [1.29, 1.82) is 0 Å². The average Bonchev–Trinajstić information content (AvgIpc) is 2.98. The van der Waals surface area contributed by atoms with Crippen LogP contribution in [0, 0.1) is 20.8 Å². The number of furan rings is 1. The second-order valence-corrected chi connectivity index (χ2v) is 10.6. The molecule has 3 N–H and O–H groups in total. The monoisotopic (exact) mass is 425 g/mol. The van der Waals surface area contributed by atoms with Crippen LogP contribution in [-0.4, -0.2) is 23.0 Å². The van der Waals surface area contributed by atoms with E-state index >= 15 is 0 Å². The van der Waals surface area contributed by atoms with E-state index in [1.54, 1.807) is 6.26 Å². The molecule has 1 aromatic carbocycles. The summed E-state index contributed by atoms with van der Waals surface area (Å²) < 4.78 is 11.3. The summed E-state index contributed by atoms with van der Waals surface area (Å²) in [6.45, 7) is 14.6. The second kappa shape index (κ2) is 7.23. The maximum Gasteiger partial charge on any atom is 0.340 e. The Balaban J connectivity index is 1.65. The van der Waals surface area contributed by atoms with Gasteiger partial charge in [-0.05, 0) is 65.7 Å². The first kappa shape index (κ1) is 21.6. The summed E-state index contributed by atoms with van der Waals surface area (Å²) in [6, 6.07) is 2.09. The highest BCUT2D eigenvalue weighted by Gasteiger charge is 2.42. The van der Waals surface area contributed by atoms with Crippen LogP contribution in [0.2, 0.25) is 0 Å². The smallest absolute Gasteiger partial charge is 0.340 e. The third kappa shape index (κ3) is 4.01. The first-order valence-electron chi connectivity index (χ1n) is 11.0. The van der Waals surface area contributed by atoms with Gasteiger partial charge < -0.3 is 19.5 Å². The Bertz CT molecular complexity index is 1230. The highest BCUT2D eigenvalue weighted by Crippen LogP contribution is 2.32. The average molecular weight is 426 g/mol. The van der Waals surface area contributed by atoms with Gasteiger partial charge in [0.2, 0.25) is 5.91 Å². The number of aryl methyl sites for hydroxylation is 3. The van der Waals surface area contributed by atoms with Crippen molar-refractivity contribution in [2.24, 2.45) is 0 Å². The van der Waals surface area contributed by atoms with Crippen LogP contribution in [-0.2, 0) is 11.2 Å². The van der Waals surface area contributed by atoms with Crippen LogP contribution in [0.1, 0.15) is 62.8 Å². The van der Waals surface area contributed by atoms with E-state index in [0.717, 1.165) is 45.9 Å². The third-order valence-electron chi connectivity index (χ3n) is 6.56. The van der Waals surface area contributed by atoms with E-state index < -0.39 is 5.63 Å². The van der Waals surface area contributed by atoms with E-state index in [-0.39, 0.29) is 29.4 Å². The molecule has 0 aliphatic carbocycles. The molecule has 31 heavy (non-hydrogen) atoms. The lowest BCUT2D eigenvalue weighted by Crippen LogP contribution is -3.06. The van der Waals surface area contributed by atoms with Crippen LogP contribution in [0.5, 0.6) is 0 Å². The molecule has 1 saturated heterocycles. The molecule has 3 heterocycles. The van der Waals surface area contributed by atoms with Crippen LogP contribution in [0.4, 0.5) is 0 Å². The Morgan fingerprint density at radius 1 is 1.06 bits per heavy atom. The number of amides is 1. The molecule has 3 aromatic rings. The van der Waals surface area contributed by atoms with Crippen LogP contribution >= 0.6 is 0 Å². The van der Waals surface area contributed by atoms with Gasteiger partial charge in [0.05, 0.1) is 29.3 Å². The summed E-state index contributed by atoms with van der Waals surface area (Å²) in [5.74, 6) is -0.134. The fraction of sp³-hybridized carbons (Fsp3) is 0.520. The number of piperidine rings is 1. The number of rotatable bonds is 3. The standard InChI is InChI=1S/C25H32N2O4/c1-13-12-30-21-15(3)22-18(8-17(13)21)14(2)19(23(29)31-22)9-20(28)26-16-10-24(4,5)27-25(6,7)11-16/h8,12,16,27H,9-11H2,1-7H3,(H,26,28)/p+1. The molecule has 1 amide bonds. The van der Waals surface area contributed by atoms with Crippen molar-refractivity contribution in [1.82, 2.24) is 5.32 Å². The summed E-state index contributed by atoms with van der Waals surface area (Å²) in [5.41, 5.74) is 3.98. The maximum absolute atomic E-state index is 12.9. The molecule has 1 fully saturated rings. The van der Waals surface area contributed by atoms with Gasteiger partial charge in [-0.25, -0.2) is 4.79 Å². The molecule has 6 nitrogen and oxygen atoms in total. The Morgan fingerprint density at radius 2 is 1.71 bits per heavy atom. The van der Waals surface area contributed by atoms with Gasteiger partial charge in [-0.3, -0.25) is 4.79 Å². The van der Waals surface area contributed by atoms with Crippen LogP contribution < -0.4 is 16.3 Å². The van der Waals surface area contributed by atoms with Gasteiger partial charge in [-0.15, -0.1) is 0 Å². The van der Waals surface area contributed by atoms with Crippen LogP contribution in [0.3, 0.4) is 0 Å². The first-order valence-corrected chi connectivity index (χ1v) is 11.0. The van der Waals surface area contributed by atoms with E-state index in [9.17, 15) is 9.59 Å².